The molecule has 1 aromatic rings. The lowest BCUT2D eigenvalue weighted by Crippen LogP contribution is -2.39. The molecule has 4 heteroatoms. The van der Waals surface area contributed by atoms with Crippen molar-refractivity contribution in [2.75, 3.05) is 27.2 Å². The molecular formula is C19H26N2O2. The van der Waals surface area contributed by atoms with Crippen molar-refractivity contribution in [1.29, 1.82) is 0 Å². The van der Waals surface area contributed by atoms with Gasteiger partial charge in [0, 0.05) is 38.7 Å². The van der Waals surface area contributed by atoms with Gasteiger partial charge in [0.2, 0.25) is 5.91 Å². The van der Waals surface area contributed by atoms with E-state index in [0.717, 1.165) is 50.8 Å². The summed E-state index contributed by atoms with van der Waals surface area (Å²) in [5, 5.41) is 0. The first-order valence-corrected chi connectivity index (χ1v) is 8.64. The van der Waals surface area contributed by atoms with E-state index in [9.17, 15) is 9.59 Å². The minimum atomic E-state index is 0.0449. The van der Waals surface area contributed by atoms with Gasteiger partial charge in [-0.2, -0.15) is 0 Å². The first kappa shape index (κ1) is 16.0. The molecule has 4 nitrogen and oxygen atoms in total. The number of carbonyl (C=O) groups excluding carboxylic acids is 2. The number of piperidine rings is 1. The van der Waals surface area contributed by atoms with Gasteiger partial charge in [0.05, 0.1) is 0 Å². The smallest absolute Gasteiger partial charge is 0.253 e. The summed E-state index contributed by atoms with van der Waals surface area (Å²) in [4.78, 5) is 27.6. The van der Waals surface area contributed by atoms with Crippen molar-refractivity contribution < 1.29 is 9.59 Å². The number of rotatable bonds is 4. The van der Waals surface area contributed by atoms with Gasteiger partial charge in [0.1, 0.15) is 0 Å². The van der Waals surface area contributed by atoms with Crippen LogP contribution in [0, 0.1) is 11.8 Å². The molecule has 2 aliphatic rings. The third-order valence-electron chi connectivity index (χ3n) is 4.98. The molecule has 0 radical (unpaired) electrons. The van der Waals surface area contributed by atoms with Crippen molar-refractivity contribution in [2.45, 2.75) is 32.1 Å². The van der Waals surface area contributed by atoms with Crippen molar-refractivity contribution in [1.82, 2.24) is 9.80 Å². The maximum Gasteiger partial charge on any atom is 0.253 e. The molecule has 0 spiro atoms. The van der Waals surface area contributed by atoms with Crippen molar-refractivity contribution in [3.05, 3.63) is 35.4 Å². The summed E-state index contributed by atoms with van der Waals surface area (Å²) in [5.41, 5.74) is 2.02. The summed E-state index contributed by atoms with van der Waals surface area (Å²) in [5.74, 6) is 1.42. The van der Waals surface area contributed by atoms with Gasteiger partial charge in [-0.15, -0.1) is 0 Å². The van der Waals surface area contributed by atoms with E-state index >= 15 is 0 Å². The maximum atomic E-state index is 12.1. The number of nitrogens with zero attached hydrogens (tertiary/aromatic N) is 2. The minimum Gasteiger partial charge on any atom is -0.345 e. The summed E-state index contributed by atoms with van der Waals surface area (Å²) in [6, 6.07) is 7.98. The molecule has 0 unspecified atom stereocenters. The van der Waals surface area contributed by atoms with Crippen LogP contribution in [-0.4, -0.2) is 48.8 Å². The van der Waals surface area contributed by atoms with Crippen LogP contribution in [0.3, 0.4) is 0 Å². The number of benzene rings is 1. The second-order valence-electron chi connectivity index (χ2n) is 7.14. The van der Waals surface area contributed by atoms with E-state index in [1.807, 2.05) is 12.1 Å². The molecule has 2 amide bonds. The van der Waals surface area contributed by atoms with Crippen LogP contribution in [0.2, 0.25) is 0 Å². The molecule has 1 saturated carbocycles. The van der Waals surface area contributed by atoms with Gasteiger partial charge in [0.25, 0.3) is 5.91 Å². The highest BCUT2D eigenvalue weighted by Crippen LogP contribution is 2.32. The lowest BCUT2D eigenvalue weighted by atomic mass is 9.89. The Hall–Kier alpha value is -1.84. The number of carbonyl (C=O) groups is 2. The number of amides is 2. The second kappa shape index (κ2) is 6.73. The van der Waals surface area contributed by atoms with E-state index in [2.05, 4.69) is 17.0 Å². The highest BCUT2D eigenvalue weighted by molar-refractivity contribution is 5.93. The Morgan fingerprint density at radius 2 is 1.65 bits per heavy atom. The van der Waals surface area contributed by atoms with Crippen LogP contribution in [0.25, 0.3) is 0 Å². The summed E-state index contributed by atoms with van der Waals surface area (Å²) < 4.78 is 0. The zero-order valence-electron chi connectivity index (χ0n) is 14.1. The molecule has 124 valence electrons. The Morgan fingerprint density at radius 1 is 1.04 bits per heavy atom. The molecule has 23 heavy (non-hydrogen) atoms. The SMILES string of the molecule is CN(C)C(=O)c1ccc(CC2CCN(C(=O)C3CC3)CC2)cc1. The maximum absolute atomic E-state index is 12.1. The molecule has 1 aliphatic heterocycles. The van der Waals surface area contributed by atoms with E-state index in [-0.39, 0.29) is 5.91 Å². The summed E-state index contributed by atoms with van der Waals surface area (Å²) in [7, 11) is 3.54. The molecule has 1 aromatic carbocycles. The second-order valence-corrected chi connectivity index (χ2v) is 7.14. The number of hydrogen-bond donors (Lipinski definition) is 0. The Labute approximate surface area is 138 Å². The number of hydrogen-bond acceptors (Lipinski definition) is 2. The van der Waals surface area contributed by atoms with E-state index in [4.69, 9.17) is 0 Å². The highest BCUT2D eigenvalue weighted by atomic mass is 16.2. The Bertz CT molecular complexity index is 568. The molecule has 0 N–H and O–H groups in total. The van der Waals surface area contributed by atoms with E-state index < -0.39 is 0 Å². The predicted octanol–water partition coefficient (Wildman–Crippen LogP) is 2.58. The van der Waals surface area contributed by atoms with Crippen LogP contribution >= 0.6 is 0 Å². The predicted molar refractivity (Wildman–Crippen MR) is 90.2 cm³/mol. The first-order valence-electron chi connectivity index (χ1n) is 8.64. The fourth-order valence-electron chi connectivity index (χ4n) is 3.32. The van der Waals surface area contributed by atoms with Crippen molar-refractivity contribution in [3.8, 4) is 0 Å². The number of likely N-dealkylation sites (tertiary alicyclic amines) is 1. The molecule has 0 aromatic heterocycles. The standard InChI is InChI=1S/C19H26N2O2/c1-20(2)18(22)16-5-3-14(4-6-16)13-15-9-11-21(12-10-15)19(23)17-7-8-17/h3-6,15,17H,7-13H2,1-2H3. The average molecular weight is 314 g/mol. The molecule has 2 fully saturated rings. The average Bonchev–Trinajstić information content (AvgIpc) is 3.40. The van der Waals surface area contributed by atoms with Crippen LogP contribution in [0.1, 0.15) is 41.6 Å². The van der Waals surface area contributed by atoms with Gasteiger partial charge < -0.3 is 9.80 Å². The monoisotopic (exact) mass is 314 g/mol. The summed E-state index contributed by atoms with van der Waals surface area (Å²) in [6.45, 7) is 1.83. The van der Waals surface area contributed by atoms with Gasteiger partial charge in [-0.05, 0) is 55.7 Å². The van der Waals surface area contributed by atoms with Crippen molar-refractivity contribution in [2.24, 2.45) is 11.8 Å². The molecule has 1 heterocycles. The van der Waals surface area contributed by atoms with E-state index in [1.54, 1.807) is 19.0 Å². The van der Waals surface area contributed by atoms with E-state index in [1.165, 1.54) is 5.56 Å². The van der Waals surface area contributed by atoms with Gasteiger partial charge >= 0.3 is 0 Å². The first-order chi connectivity index (χ1) is 11.0. The third kappa shape index (κ3) is 3.92. The fourth-order valence-corrected chi connectivity index (χ4v) is 3.32. The molecule has 0 bridgehead atoms. The van der Waals surface area contributed by atoms with Crippen LogP contribution in [0.5, 0.6) is 0 Å². The molecule has 3 rings (SSSR count). The van der Waals surface area contributed by atoms with Crippen LogP contribution in [0.15, 0.2) is 24.3 Å². The van der Waals surface area contributed by atoms with E-state index in [0.29, 0.717) is 17.7 Å². The molecule has 1 saturated heterocycles. The van der Waals surface area contributed by atoms with Gasteiger partial charge in [-0.1, -0.05) is 12.1 Å². The van der Waals surface area contributed by atoms with Gasteiger partial charge in [0.15, 0.2) is 0 Å². The normalized spacial score (nSPS) is 18.8. The quantitative estimate of drug-likeness (QED) is 0.857. The molecule has 1 aliphatic carbocycles. The Morgan fingerprint density at radius 3 is 2.17 bits per heavy atom. The fraction of sp³-hybridized carbons (Fsp3) is 0.579. The van der Waals surface area contributed by atoms with Crippen molar-refractivity contribution >= 4 is 11.8 Å². The van der Waals surface area contributed by atoms with Gasteiger partial charge in [-0.25, -0.2) is 0 Å². The summed E-state index contributed by atoms with van der Waals surface area (Å²) >= 11 is 0. The zero-order valence-corrected chi connectivity index (χ0v) is 14.1. The third-order valence-corrected chi connectivity index (χ3v) is 4.98. The van der Waals surface area contributed by atoms with Crippen LogP contribution < -0.4 is 0 Å². The topological polar surface area (TPSA) is 40.6 Å². The minimum absolute atomic E-state index is 0.0449. The van der Waals surface area contributed by atoms with Crippen molar-refractivity contribution in [3.63, 3.8) is 0 Å². The Kier molecular flexibility index (Phi) is 4.69. The molecular weight excluding hydrogens is 288 g/mol. The van der Waals surface area contributed by atoms with Crippen LogP contribution in [0.4, 0.5) is 0 Å². The lowest BCUT2D eigenvalue weighted by Gasteiger charge is -2.32. The van der Waals surface area contributed by atoms with Gasteiger partial charge in [-0.3, -0.25) is 9.59 Å². The van der Waals surface area contributed by atoms with Crippen LogP contribution in [-0.2, 0) is 11.2 Å². The largest absolute Gasteiger partial charge is 0.345 e. The Balaban J connectivity index is 1.50. The lowest BCUT2D eigenvalue weighted by molar-refractivity contribution is -0.133. The highest BCUT2D eigenvalue weighted by Gasteiger charge is 2.34. The zero-order chi connectivity index (χ0) is 16.4. The molecule has 0 atom stereocenters. The summed E-state index contributed by atoms with van der Waals surface area (Å²) in [6.07, 6.45) is 5.42.